The molecule has 1 aromatic carbocycles. The standard InChI is InChI=1S/C14H16F2N2O/c1-8(2)17-6-11-14(19-7-18-11)12-10(15)5-4-9(3)13(12)16/h4-5,7-8,17H,6H2,1-3H3. The first-order chi connectivity index (χ1) is 9.00. The van der Waals surface area contributed by atoms with Crippen LogP contribution >= 0.6 is 0 Å². The number of halogens is 2. The molecule has 0 aliphatic rings. The molecule has 19 heavy (non-hydrogen) atoms. The second-order valence-electron chi connectivity index (χ2n) is 4.72. The smallest absolute Gasteiger partial charge is 0.181 e. The van der Waals surface area contributed by atoms with E-state index in [0.717, 1.165) is 0 Å². The van der Waals surface area contributed by atoms with E-state index in [-0.39, 0.29) is 17.4 Å². The average molecular weight is 266 g/mol. The van der Waals surface area contributed by atoms with Crippen LogP contribution in [0.1, 0.15) is 25.1 Å². The Morgan fingerprint density at radius 2 is 2.05 bits per heavy atom. The number of hydrogen-bond acceptors (Lipinski definition) is 3. The molecule has 0 fully saturated rings. The van der Waals surface area contributed by atoms with Gasteiger partial charge < -0.3 is 9.73 Å². The van der Waals surface area contributed by atoms with E-state index >= 15 is 0 Å². The molecular weight excluding hydrogens is 250 g/mol. The van der Waals surface area contributed by atoms with Gasteiger partial charge in [0.15, 0.2) is 12.2 Å². The maximum absolute atomic E-state index is 14.1. The number of rotatable bonds is 4. The summed E-state index contributed by atoms with van der Waals surface area (Å²) in [5.74, 6) is -1.11. The fraction of sp³-hybridized carbons (Fsp3) is 0.357. The van der Waals surface area contributed by atoms with Crippen molar-refractivity contribution in [2.24, 2.45) is 0 Å². The Morgan fingerprint density at radius 1 is 1.32 bits per heavy atom. The molecule has 1 N–H and O–H groups in total. The maximum Gasteiger partial charge on any atom is 0.181 e. The highest BCUT2D eigenvalue weighted by atomic mass is 19.1. The van der Waals surface area contributed by atoms with Gasteiger partial charge in [-0.15, -0.1) is 0 Å². The molecule has 2 aromatic rings. The molecule has 0 radical (unpaired) electrons. The predicted molar refractivity (Wildman–Crippen MR) is 68.6 cm³/mol. The minimum absolute atomic E-state index is 0.145. The molecule has 0 saturated heterocycles. The zero-order chi connectivity index (χ0) is 14.0. The van der Waals surface area contributed by atoms with Crippen LogP contribution in [-0.2, 0) is 6.54 Å². The lowest BCUT2D eigenvalue weighted by atomic mass is 10.1. The summed E-state index contributed by atoms with van der Waals surface area (Å²) in [6.45, 7) is 5.94. The van der Waals surface area contributed by atoms with Gasteiger partial charge in [-0.3, -0.25) is 0 Å². The monoisotopic (exact) mass is 266 g/mol. The molecule has 0 bridgehead atoms. The third kappa shape index (κ3) is 2.81. The summed E-state index contributed by atoms with van der Waals surface area (Å²) in [5, 5.41) is 3.14. The molecule has 0 spiro atoms. The Bertz CT molecular complexity index is 579. The predicted octanol–water partition coefficient (Wildman–Crippen LogP) is 3.43. The highest BCUT2D eigenvalue weighted by molar-refractivity contribution is 5.62. The second-order valence-corrected chi connectivity index (χ2v) is 4.72. The molecule has 0 aliphatic carbocycles. The van der Waals surface area contributed by atoms with E-state index in [0.29, 0.717) is 17.8 Å². The number of oxazole rings is 1. The normalized spacial score (nSPS) is 11.3. The van der Waals surface area contributed by atoms with Crippen molar-refractivity contribution in [1.82, 2.24) is 10.3 Å². The van der Waals surface area contributed by atoms with E-state index in [1.807, 2.05) is 13.8 Å². The van der Waals surface area contributed by atoms with Crippen LogP contribution in [0, 0.1) is 18.6 Å². The Hall–Kier alpha value is -1.75. The highest BCUT2D eigenvalue weighted by Gasteiger charge is 2.20. The zero-order valence-corrected chi connectivity index (χ0v) is 11.1. The summed E-state index contributed by atoms with van der Waals surface area (Å²) in [7, 11) is 0. The number of benzene rings is 1. The Kier molecular flexibility index (Phi) is 3.95. The fourth-order valence-electron chi connectivity index (χ4n) is 1.76. The lowest BCUT2D eigenvalue weighted by Crippen LogP contribution is -2.22. The van der Waals surface area contributed by atoms with E-state index in [1.54, 1.807) is 6.92 Å². The minimum Gasteiger partial charge on any atom is -0.443 e. The number of nitrogens with one attached hydrogen (secondary N) is 1. The molecule has 0 saturated carbocycles. The molecule has 102 valence electrons. The van der Waals surface area contributed by atoms with Gasteiger partial charge in [0.05, 0.1) is 5.56 Å². The molecule has 0 amide bonds. The third-order valence-corrected chi connectivity index (χ3v) is 2.83. The Labute approximate surface area is 110 Å². The van der Waals surface area contributed by atoms with E-state index in [4.69, 9.17) is 4.42 Å². The molecule has 1 heterocycles. The number of hydrogen-bond donors (Lipinski definition) is 1. The fourth-order valence-corrected chi connectivity index (χ4v) is 1.76. The van der Waals surface area contributed by atoms with Crippen LogP contribution in [0.25, 0.3) is 11.3 Å². The summed E-state index contributed by atoms with van der Waals surface area (Å²) in [6, 6.07) is 2.88. The lowest BCUT2D eigenvalue weighted by molar-refractivity contribution is 0.536. The quantitative estimate of drug-likeness (QED) is 0.921. The van der Waals surface area contributed by atoms with Crippen LogP contribution < -0.4 is 5.32 Å². The topological polar surface area (TPSA) is 38.1 Å². The first kappa shape index (κ1) is 13.7. The van der Waals surface area contributed by atoms with Gasteiger partial charge in [-0.25, -0.2) is 13.8 Å². The van der Waals surface area contributed by atoms with Crippen molar-refractivity contribution in [3.05, 3.63) is 41.4 Å². The number of nitrogens with zero attached hydrogens (tertiary/aromatic N) is 1. The van der Waals surface area contributed by atoms with E-state index in [9.17, 15) is 8.78 Å². The van der Waals surface area contributed by atoms with Gasteiger partial charge in [0.2, 0.25) is 0 Å². The molecule has 0 atom stereocenters. The number of aromatic nitrogens is 1. The van der Waals surface area contributed by atoms with Gasteiger partial charge in [-0.2, -0.15) is 0 Å². The van der Waals surface area contributed by atoms with Crippen molar-refractivity contribution < 1.29 is 13.2 Å². The highest BCUT2D eigenvalue weighted by Crippen LogP contribution is 2.30. The summed E-state index contributed by atoms with van der Waals surface area (Å²) in [5.41, 5.74) is 0.714. The number of aryl methyl sites for hydroxylation is 1. The molecular formula is C14H16F2N2O. The van der Waals surface area contributed by atoms with Crippen LogP contribution in [0.15, 0.2) is 22.9 Å². The largest absolute Gasteiger partial charge is 0.443 e. The van der Waals surface area contributed by atoms with Gasteiger partial charge in [0.25, 0.3) is 0 Å². The molecule has 0 aliphatic heterocycles. The van der Waals surface area contributed by atoms with Gasteiger partial charge in [-0.05, 0) is 18.6 Å². The molecule has 2 rings (SSSR count). The molecule has 0 unspecified atom stereocenters. The second kappa shape index (κ2) is 5.48. The van der Waals surface area contributed by atoms with E-state index in [2.05, 4.69) is 10.3 Å². The Morgan fingerprint density at radius 3 is 2.74 bits per heavy atom. The summed E-state index contributed by atoms with van der Waals surface area (Å²) >= 11 is 0. The first-order valence-corrected chi connectivity index (χ1v) is 6.11. The van der Waals surface area contributed by atoms with Crippen LogP contribution in [0.5, 0.6) is 0 Å². The molecule has 1 aromatic heterocycles. The van der Waals surface area contributed by atoms with Gasteiger partial charge in [0, 0.05) is 12.6 Å². The van der Waals surface area contributed by atoms with Gasteiger partial charge in [-0.1, -0.05) is 19.9 Å². The van der Waals surface area contributed by atoms with E-state index < -0.39 is 11.6 Å². The summed E-state index contributed by atoms with van der Waals surface area (Å²) in [4.78, 5) is 4.01. The van der Waals surface area contributed by atoms with Crippen LogP contribution in [0.4, 0.5) is 8.78 Å². The average Bonchev–Trinajstić information content (AvgIpc) is 2.80. The van der Waals surface area contributed by atoms with Gasteiger partial charge >= 0.3 is 0 Å². The van der Waals surface area contributed by atoms with Crippen LogP contribution in [0.2, 0.25) is 0 Å². The first-order valence-electron chi connectivity index (χ1n) is 6.11. The van der Waals surface area contributed by atoms with Crippen molar-refractivity contribution in [3.63, 3.8) is 0 Å². The van der Waals surface area contributed by atoms with Crippen LogP contribution in [0.3, 0.4) is 0 Å². The summed E-state index contributed by atoms with van der Waals surface area (Å²) < 4.78 is 33.0. The van der Waals surface area contributed by atoms with Crippen molar-refractivity contribution in [3.8, 4) is 11.3 Å². The van der Waals surface area contributed by atoms with Crippen molar-refractivity contribution >= 4 is 0 Å². The summed E-state index contributed by atoms with van der Waals surface area (Å²) in [6.07, 6.45) is 1.20. The Balaban J connectivity index is 2.43. The van der Waals surface area contributed by atoms with Gasteiger partial charge in [0.1, 0.15) is 17.3 Å². The van der Waals surface area contributed by atoms with E-state index in [1.165, 1.54) is 18.5 Å². The van der Waals surface area contributed by atoms with Crippen LogP contribution in [-0.4, -0.2) is 11.0 Å². The lowest BCUT2D eigenvalue weighted by Gasteiger charge is -2.09. The van der Waals surface area contributed by atoms with Crippen molar-refractivity contribution in [1.29, 1.82) is 0 Å². The molecule has 5 heteroatoms. The third-order valence-electron chi connectivity index (χ3n) is 2.83. The maximum atomic E-state index is 14.1. The van der Waals surface area contributed by atoms with Crippen molar-refractivity contribution in [2.45, 2.75) is 33.4 Å². The van der Waals surface area contributed by atoms with Crippen molar-refractivity contribution in [2.75, 3.05) is 0 Å². The minimum atomic E-state index is -0.648. The zero-order valence-electron chi connectivity index (χ0n) is 11.1. The SMILES string of the molecule is Cc1ccc(F)c(-c2ocnc2CNC(C)C)c1F. The molecule has 3 nitrogen and oxygen atoms in total.